The number of carbonyl (C=O) groups is 1. The molecule has 2 aliphatic rings. The average Bonchev–Trinajstić information content (AvgIpc) is 2.54. The Bertz CT molecular complexity index is 408. The molecule has 0 unspecified atom stereocenters. The maximum Gasteiger partial charge on any atom is 0.169 e. The summed E-state index contributed by atoms with van der Waals surface area (Å²) in [6.07, 6.45) is 6.42. The molecule has 0 aromatic carbocycles. The smallest absolute Gasteiger partial charge is 0.169 e. The largest absolute Gasteiger partial charge is 0.317 e. The number of aromatic nitrogens is 1. The molecule has 3 rings (SSSR count). The molecular weight excluding hydrogens is 188 g/mol. The molecule has 1 fully saturated rings. The topological polar surface area (TPSA) is 42.0 Å². The first-order valence-corrected chi connectivity index (χ1v) is 5.50. The van der Waals surface area contributed by atoms with E-state index < -0.39 is 0 Å². The highest BCUT2D eigenvalue weighted by Gasteiger charge is 2.45. The van der Waals surface area contributed by atoms with Crippen molar-refractivity contribution in [3.05, 3.63) is 29.6 Å². The van der Waals surface area contributed by atoms with E-state index in [1.807, 2.05) is 12.3 Å². The molecule has 0 bridgehead atoms. The number of carbonyl (C=O) groups excluding carboxylic acids is 1. The predicted molar refractivity (Wildman–Crippen MR) is 56.8 cm³/mol. The Morgan fingerprint density at radius 1 is 1.33 bits per heavy atom. The Kier molecular flexibility index (Phi) is 1.89. The number of fused-ring (bicyclic) bond motifs is 1. The van der Waals surface area contributed by atoms with Gasteiger partial charge in [0, 0.05) is 23.4 Å². The molecule has 3 heteroatoms. The summed E-state index contributed by atoms with van der Waals surface area (Å²) in [7, 11) is 0. The van der Waals surface area contributed by atoms with Crippen LogP contribution in [0.15, 0.2) is 18.5 Å². The first-order chi connectivity index (χ1) is 7.32. The second-order valence-electron chi connectivity index (χ2n) is 4.57. The molecule has 0 radical (unpaired) electrons. The molecule has 15 heavy (non-hydrogen) atoms. The van der Waals surface area contributed by atoms with Gasteiger partial charge in [0.15, 0.2) is 5.78 Å². The maximum absolute atomic E-state index is 12.3. The number of hydrogen-bond donors (Lipinski definition) is 1. The van der Waals surface area contributed by atoms with E-state index in [2.05, 4.69) is 10.3 Å². The van der Waals surface area contributed by atoms with Crippen LogP contribution >= 0.6 is 0 Å². The molecule has 1 spiro atoms. The van der Waals surface area contributed by atoms with E-state index in [9.17, 15) is 4.79 Å². The van der Waals surface area contributed by atoms with Crippen LogP contribution in [0.25, 0.3) is 0 Å². The van der Waals surface area contributed by atoms with Crippen LogP contribution in [0.4, 0.5) is 0 Å². The minimum Gasteiger partial charge on any atom is -0.317 e. The third-order valence-corrected chi connectivity index (χ3v) is 3.72. The molecule has 2 heterocycles. The zero-order chi connectivity index (χ0) is 10.3. The summed E-state index contributed by atoms with van der Waals surface area (Å²) in [6, 6.07) is 1.87. The lowest BCUT2D eigenvalue weighted by atomic mass is 9.75. The fourth-order valence-electron chi connectivity index (χ4n) is 2.83. The maximum atomic E-state index is 12.3. The van der Waals surface area contributed by atoms with Crippen LogP contribution in [-0.2, 0) is 6.42 Å². The van der Waals surface area contributed by atoms with E-state index >= 15 is 0 Å². The zero-order valence-corrected chi connectivity index (χ0v) is 8.62. The van der Waals surface area contributed by atoms with Gasteiger partial charge in [-0.3, -0.25) is 9.78 Å². The number of nitrogens with zero attached hydrogens (tertiary/aromatic N) is 1. The van der Waals surface area contributed by atoms with Crippen molar-refractivity contribution in [3.8, 4) is 0 Å². The first-order valence-electron chi connectivity index (χ1n) is 5.50. The second kappa shape index (κ2) is 3.14. The molecule has 1 aliphatic heterocycles. The fourth-order valence-corrected chi connectivity index (χ4v) is 2.83. The minimum atomic E-state index is -0.101. The summed E-state index contributed by atoms with van der Waals surface area (Å²) in [5, 5.41) is 3.32. The summed E-state index contributed by atoms with van der Waals surface area (Å²) in [6.45, 7) is 1.93. The van der Waals surface area contributed by atoms with Gasteiger partial charge in [0.25, 0.3) is 0 Å². The molecule has 1 aromatic heterocycles. The first kappa shape index (κ1) is 9.04. The molecule has 3 nitrogen and oxygen atoms in total. The quantitative estimate of drug-likeness (QED) is 0.687. The van der Waals surface area contributed by atoms with Gasteiger partial charge in [-0.1, -0.05) is 0 Å². The molecule has 0 amide bonds. The lowest BCUT2D eigenvalue weighted by molar-refractivity contribution is 0.0762. The molecule has 1 saturated heterocycles. The van der Waals surface area contributed by atoms with Crippen LogP contribution in [0.3, 0.4) is 0 Å². The number of pyridine rings is 1. The van der Waals surface area contributed by atoms with E-state index in [0.717, 1.165) is 43.5 Å². The van der Waals surface area contributed by atoms with Gasteiger partial charge < -0.3 is 5.32 Å². The van der Waals surface area contributed by atoms with Crippen LogP contribution in [-0.4, -0.2) is 23.9 Å². The molecule has 0 saturated carbocycles. The highest BCUT2D eigenvalue weighted by atomic mass is 16.1. The van der Waals surface area contributed by atoms with Gasteiger partial charge in [-0.25, -0.2) is 0 Å². The normalized spacial score (nSPS) is 23.1. The summed E-state index contributed by atoms with van der Waals surface area (Å²) >= 11 is 0. The third-order valence-electron chi connectivity index (χ3n) is 3.72. The zero-order valence-electron chi connectivity index (χ0n) is 8.62. The standard InChI is InChI=1S/C12H14N2O/c15-11-10-1-4-14-8-9(10)7-12(11)2-5-13-6-3-12/h1,4,8,13H,2-3,5-7H2. The van der Waals surface area contributed by atoms with E-state index in [1.54, 1.807) is 6.20 Å². The van der Waals surface area contributed by atoms with Crippen molar-refractivity contribution in [1.82, 2.24) is 10.3 Å². The average molecular weight is 202 g/mol. The van der Waals surface area contributed by atoms with Crippen LogP contribution in [0.1, 0.15) is 28.8 Å². The highest BCUT2D eigenvalue weighted by molar-refractivity contribution is 6.04. The molecule has 1 N–H and O–H groups in total. The predicted octanol–water partition coefficient (Wildman–Crippen LogP) is 1.19. The van der Waals surface area contributed by atoms with Crippen molar-refractivity contribution >= 4 is 5.78 Å². The molecule has 78 valence electrons. The number of Topliss-reactive ketones (excluding diaryl/α,β-unsaturated/α-hetero) is 1. The summed E-state index contributed by atoms with van der Waals surface area (Å²) in [4.78, 5) is 16.4. The van der Waals surface area contributed by atoms with E-state index in [0.29, 0.717) is 5.78 Å². The van der Waals surface area contributed by atoms with Crippen molar-refractivity contribution in [2.24, 2.45) is 5.41 Å². The van der Waals surface area contributed by atoms with Crippen molar-refractivity contribution in [3.63, 3.8) is 0 Å². The van der Waals surface area contributed by atoms with Crippen LogP contribution in [0.2, 0.25) is 0 Å². The van der Waals surface area contributed by atoms with Gasteiger partial charge in [0.05, 0.1) is 0 Å². The van der Waals surface area contributed by atoms with E-state index in [-0.39, 0.29) is 5.41 Å². The Balaban J connectivity index is 2.01. The third kappa shape index (κ3) is 1.23. The Labute approximate surface area is 88.9 Å². The highest BCUT2D eigenvalue weighted by Crippen LogP contribution is 2.42. The lowest BCUT2D eigenvalue weighted by Crippen LogP contribution is -2.40. The lowest BCUT2D eigenvalue weighted by Gasteiger charge is -2.31. The summed E-state index contributed by atoms with van der Waals surface area (Å²) in [5.74, 6) is 0.349. The number of hydrogen-bond acceptors (Lipinski definition) is 3. The van der Waals surface area contributed by atoms with Gasteiger partial charge in [-0.15, -0.1) is 0 Å². The molecule has 0 atom stereocenters. The number of ketones is 1. The van der Waals surface area contributed by atoms with Crippen molar-refractivity contribution in [2.45, 2.75) is 19.3 Å². The van der Waals surface area contributed by atoms with Crippen LogP contribution < -0.4 is 5.32 Å². The van der Waals surface area contributed by atoms with Gasteiger partial charge in [0.2, 0.25) is 0 Å². The second-order valence-corrected chi connectivity index (χ2v) is 4.57. The minimum absolute atomic E-state index is 0.101. The molecule has 1 aliphatic carbocycles. The van der Waals surface area contributed by atoms with Crippen molar-refractivity contribution in [1.29, 1.82) is 0 Å². The Morgan fingerprint density at radius 3 is 2.87 bits per heavy atom. The monoisotopic (exact) mass is 202 g/mol. The SMILES string of the molecule is O=C1c2ccncc2CC12CCNCC2. The summed E-state index contributed by atoms with van der Waals surface area (Å²) < 4.78 is 0. The molecule has 1 aromatic rings. The number of rotatable bonds is 0. The van der Waals surface area contributed by atoms with Gasteiger partial charge >= 0.3 is 0 Å². The fraction of sp³-hybridized carbons (Fsp3) is 0.500. The van der Waals surface area contributed by atoms with Crippen molar-refractivity contribution in [2.75, 3.05) is 13.1 Å². The Hall–Kier alpha value is -1.22. The van der Waals surface area contributed by atoms with E-state index in [1.165, 1.54) is 0 Å². The van der Waals surface area contributed by atoms with Crippen LogP contribution in [0.5, 0.6) is 0 Å². The van der Waals surface area contributed by atoms with Gasteiger partial charge in [-0.2, -0.15) is 0 Å². The number of nitrogens with one attached hydrogen (secondary N) is 1. The Morgan fingerprint density at radius 2 is 2.13 bits per heavy atom. The van der Waals surface area contributed by atoms with E-state index in [4.69, 9.17) is 0 Å². The summed E-state index contributed by atoms with van der Waals surface area (Å²) in [5.41, 5.74) is 1.95. The molecular formula is C12H14N2O. The van der Waals surface area contributed by atoms with Crippen LogP contribution in [0, 0.1) is 5.41 Å². The van der Waals surface area contributed by atoms with Gasteiger partial charge in [0.1, 0.15) is 0 Å². The number of piperidine rings is 1. The van der Waals surface area contributed by atoms with Gasteiger partial charge in [-0.05, 0) is 44.0 Å². The van der Waals surface area contributed by atoms with Crippen molar-refractivity contribution < 1.29 is 4.79 Å².